The zero-order valence-corrected chi connectivity index (χ0v) is 12.3. The Balaban J connectivity index is 2.25. The van der Waals surface area contributed by atoms with Crippen LogP contribution < -0.4 is 10.1 Å². The van der Waals surface area contributed by atoms with E-state index in [-0.39, 0.29) is 12.0 Å². The van der Waals surface area contributed by atoms with E-state index in [2.05, 4.69) is 10.4 Å². The van der Waals surface area contributed by atoms with Gasteiger partial charge in [-0.05, 0) is 32.0 Å². The van der Waals surface area contributed by atoms with Crippen LogP contribution in [0.3, 0.4) is 0 Å². The van der Waals surface area contributed by atoms with E-state index in [0.29, 0.717) is 22.0 Å². The highest BCUT2D eigenvalue weighted by Gasteiger charge is 2.15. The summed E-state index contributed by atoms with van der Waals surface area (Å²) in [7, 11) is 1.78. The molecular weight excluding hydrogens is 278 g/mol. The van der Waals surface area contributed by atoms with Crippen LogP contribution in [0.2, 0.25) is 5.02 Å². The van der Waals surface area contributed by atoms with Crippen LogP contribution in [0.1, 0.15) is 24.2 Å². The Labute approximate surface area is 122 Å². The van der Waals surface area contributed by atoms with Crippen LogP contribution in [0.15, 0.2) is 30.6 Å². The molecule has 0 aliphatic rings. The molecule has 0 spiro atoms. The van der Waals surface area contributed by atoms with E-state index in [4.69, 9.17) is 16.3 Å². The van der Waals surface area contributed by atoms with Gasteiger partial charge in [0.1, 0.15) is 5.75 Å². The average molecular weight is 294 g/mol. The Morgan fingerprint density at radius 1 is 1.45 bits per heavy atom. The molecular formula is C14H16ClN3O2. The van der Waals surface area contributed by atoms with Crippen LogP contribution in [0, 0.1) is 0 Å². The molecule has 0 bridgehead atoms. The van der Waals surface area contributed by atoms with Gasteiger partial charge in [0, 0.05) is 18.3 Å². The predicted molar refractivity (Wildman–Crippen MR) is 78.4 cm³/mol. The first-order valence-corrected chi connectivity index (χ1v) is 6.59. The monoisotopic (exact) mass is 293 g/mol. The standard InChI is InChI=1S/C14H16ClN3O2/c1-9(2)20-13-5-4-10(15)6-12(13)14(19)17-11-7-16-18(3)8-11/h4-9H,1-3H3,(H,17,19). The second kappa shape index (κ2) is 5.96. The molecule has 20 heavy (non-hydrogen) atoms. The zero-order valence-electron chi connectivity index (χ0n) is 11.6. The molecule has 106 valence electrons. The first-order chi connectivity index (χ1) is 9.45. The summed E-state index contributed by atoms with van der Waals surface area (Å²) in [6.45, 7) is 3.80. The van der Waals surface area contributed by atoms with Crippen LogP contribution in [0.4, 0.5) is 5.69 Å². The van der Waals surface area contributed by atoms with Crippen molar-refractivity contribution >= 4 is 23.2 Å². The minimum absolute atomic E-state index is 0.0267. The van der Waals surface area contributed by atoms with Crippen molar-refractivity contribution in [3.05, 3.63) is 41.2 Å². The summed E-state index contributed by atoms with van der Waals surface area (Å²) in [5, 5.41) is 7.24. The van der Waals surface area contributed by atoms with Crippen molar-refractivity contribution in [1.82, 2.24) is 9.78 Å². The molecule has 1 amide bonds. The van der Waals surface area contributed by atoms with E-state index < -0.39 is 0 Å². The summed E-state index contributed by atoms with van der Waals surface area (Å²) in [6, 6.07) is 4.98. The normalized spacial score (nSPS) is 10.7. The number of carbonyl (C=O) groups is 1. The Hall–Kier alpha value is -2.01. The predicted octanol–water partition coefficient (Wildman–Crippen LogP) is 3.11. The van der Waals surface area contributed by atoms with Crippen LogP contribution in [0.25, 0.3) is 0 Å². The molecule has 0 aliphatic heterocycles. The van der Waals surface area contributed by atoms with Crippen LogP contribution >= 0.6 is 11.6 Å². The van der Waals surface area contributed by atoms with E-state index in [9.17, 15) is 4.79 Å². The first-order valence-electron chi connectivity index (χ1n) is 6.22. The van der Waals surface area contributed by atoms with E-state index in [1.54, 1.807) is 42.3 Å². The van der Waals surface area contributed by atoms with Crippen molar-refractivity contribution < 1.29 is 9.53 Å². The third-order valence-corrected chi connectivity index (χ3v) is 2.75. The molecule has 0 saturated carbocycles. The number of carbonyl (C=O) groups excluding carboxylic acids is 1. The van der Waals surface area contributed by atoms with Gasteiger partial charge in [-0.2, -0.15) is 5.10 Å². The number of nitrogens with zero attached hydrogens (tertiary/aromatic N) is 2. The molecule has 5 nitrogen and oxygen atoms in total. The molecule has 2 aromatic rings. The van der Waals surface area contributed by atoms with Crippen molar-refractivity contribution in [2.24, 2.45) is 7.05 Å². The maximum Gasteiger partial charge on any atom is 0.259 e. The number of ether oxygens (including phenoxy) is 1. The summed E-state index contributed by atoms with van der Waals surface area (Å²) in [4.78, 5) is 12.3. The van der Waals surface area contributed by atoms with Crippen molar-refractivity contribution in [2.45, 2.75) is 20.0 Å². The Morgan fingerprint density at radius 2 is 2.20 bits per heavy atom. The molecule has 1 N–H and O–H groups in total. The fraction of sp³-hybridized carbons (Fsp3) is 0.286. The van der Waals surface area contributed by atoms with Crippen LogP contribution in [-0.2, 0) is 7.05 Å². The Bertz CT molecular complexity index is 623. The molecule has 0 unspecified atom stereocenters. The number of amides is 1. The zero-order chi connectivity index (χ0) is 14.7. The number of aromatic nitrogens is 2. The van der Waals surface area contributed by atoms with E-state index in [1.165, 1.54) is 0 Å². The minimum Gasteiger partial charge on any atom is -0.490 e. The number of rotatable bonds is 4. The van der Waals surface area contributed by atoms with Gasteiger partial charge in [0.2, 0.25) is 0 Å². The Kier molecular flexibility index (Phi) is 4.29. The van der Waals surface area contributed by atoms with E-state index in [0.717, 1.165) is 0 Å². The number of halogens is 1. The van der Waals surface area contributed by atoms with Crippen LogP contribution in [0.5, 0.6) is 5.75 Å². The van der Waals surface area contributed by atoms with Gasteiger partial charge in [-0.3, -0.25) is 9.48 Å². The second-order valence-electron chi connectivity index (χ2n) is 4.66. The molecule has 0 fully saturated rings. The number of hydrogen-bond donors (Lipinski definition) is 1. The van der Waals surface area contributed by atoms with Gasteiger partial charge in [-0.1, -0.05) is 11.6 Å². The van der Waals surface area contributed by atoms with Crippen molar-refractivity contribution in [2.75, 3.05) is 5.32 Å². The van der Waals surface area contributed by atoms with E-state index >= 15 is 0 Å². The smallest absolute Gasteiger partial charge is 0.259 e. The SMILES string of the molecule is CC(C)Oc1ccc(Cl)cc1C(=O)Nc1cnn(C)c1. The summed E-state index contributed by atoms with van der Waals surface area (Å²) in [6.07, 6.45) is 3.26. The maximum absolute atomic E-state index is 12.3. The molecule has 0 radical (unpaired) electrons. The lowest BCUT2D eigenvalue weighted by Gasteiger charge is -2.14. The van der Waals surface area contributed by atoms with Crippen molar-refractivity contribution in [3.63, 3.8) is 0 Å². The summed E-state index contributed by atoms with van der Waals surface area (Å²) < 4.78 is 7.23. The third-order valence-electron chi connectivity index (χ3n) is 2.51. The number of nitrogens with one attached hydrogen (secondary N) is 1. The molecule has 1 aromatic carbocycles. The van der Waals surface area contributed by atoms with E-state index in [1.807, 2.05) is 13.8 Å². The highest BCUT2D eigenvalue weighted by atomic mass is 35.5. The largest absolute Gasteiger partial charge is 0.490 e. The van der Waals surface area contributed by atoms with Gasteiger partial charge < -0.3 is 10.1 Å². The van der Waals surface area contributed by atoms with Gasteiger partial charge in [-0.25, -0.2) is 0 Å². The van der Waals surface area contributed by atoms with Crippen molar-refractivity contribution in [1.29, 1.82) is 0 Å². The summed E-state index contributed by atoms with van der Waals surface area (Å²) in [5.74, 6) is 0.224. The third kappa shape index (κ3) is 3.51. The molecule has 1 aromatic heterocycles. The fourth-order valence-electron chi connectivity index (χ4n) is 1.72. The summed E-state index contributed by atoms with van der Waals surface area (Å²) in [5.41, 5.74) is 1.02. The lowest BCUT2D eigenvalue weighted by molar-refractivity contribution is 0.102. The van der Waals surface area contributed by atoms with Crippen LogP contribution in [-0.4, -0.2) is 21.8 Å². The quantitative estimate of drug-likeness (QED) is 0.942. The highest BCUT2D eigenvalue weighted by Crippen LogP contribution is 2.25. The average Bonchev–Trinajstić information content (AvgIpc) is 2.76. The number of aryl methyl sites for hydroxylation is 1. The molecule has 6 heteroatoms. The number of benzene rings is 1. The Morgan fingerprint density at radius 3 is 2.80 bits per heavy atom. The maximum atomic E-state index is 12.3. The number of hydrogen-bond acceptors (Lipinski definition) is 3. The molecule has 0 atom stereocenters. The van der Waals surface area contributed by atoms with Gasteiger partial charge in [0.15, 0.2) is 0 Å². The van der Waals surface area contributed by atoms with Gasteiger partial charge in [-0.15, -0.1) is 0 Å². The minimum atomic E-state index is -0.281. The fourth-order valence-corrected chi connectivity index (χ4v) is 1.89. The van der Waals surface area contributed by atoms with Gasteiger partial charge >= 0.3 is 0 Å². The van der Waals surface area contributed by atoms with Gasteiger partial charge in [0.25, 0.3) is 5.91 Å². The van der Waals surface area contributed by atoms with Crippen molar-refractivity contribution in [3.8, 4) is 5.75 Å². The first kappa shape index (κ1) is 14.4. The number of anilines is 1. The lowest BCUT2D eigenvalue weighted by Crippen LogP contribution is -2.15. The molecule has 0 saturated heterocycles. The summed E-state index contributed by atoms with van der Waals surface area (Å²) >= 11 is 5.95. The topological polar surface area (TPSA) is 56.1 Å². The lowest BCUT2D eigenvalue weighted by atomic mass is 10.2. The second-order valence-corrected chi connectivity index (χ2v) is 5.10. The molecule has 1 heterocycles. The molecule has 2 rings (SSSR count). The van der Waals surface area contributed by atoms with Gasteiger partial charge in [0.05, 0.1) is 23.6 Å². The highest BCUT2D eigenvalue weighted by molar-refractivity contribution is 6.31. The molecule has 0 aliphatic carbocycles.